The number of rotatable bonds is 2. The van der Waals surface area contributed by atoms with Crippen molar-refractivity contribution in [3.05, 3.63) is 49.3 Å². The van der Waals surface area contributed by atoms with Crippen molar-refractivity contribution in [3.63, 3.8) is 0 Å². The molecular weight excluding hydrogens is 367 g/mol. The molecule has 2 aromatic rings. The Bertz CT molecular complexity index is 602. The standard InChI is InChI=1S/C11H6BrClF3NOS/c12-6-3-1-2-5(8(6)13)9(18)7-4-17-10(19-7)11(14,15)16/h1-4,9,18H. The fourth-order valence-corrected chi connectivity index (χ4v) is 2.83. The van der Waals surface area contributed by atoms with Gasteiger partial charge in [0.25, 0.3) is 0 Å². The largest absolute Gasteiger partial charge is 0.443 e. The number of aliphatic hydroxyl groups excluding tert-OH is 1. The molecule has 0 radical (unpaired) electrons. The fraction of sp³-hybridized carbons (Fsp3) is 0.182. The van der Waals surface area contributed by atoms with E-state index in [4.69, 9.17) is 11.6 Å². The van der Waals surface area contributed by atoms with Gasteiger partial charge < -0.3 is 5.11 Å². The molecule has 2 rings (SSSR count). The zero-order valence-electron chi connectivity index (χ0n) is 9.08. The van der Waals surface area contributed by atoms with Gasteiger partial charge in [0.2, 0.25) is 0 Å². The van der Waals surface area contributed by atoms with Gasteiger partial charge in [-0.2, -0.15) is 13.2 Å². The Labute approximate surface area is 124 Å². The van der Waals surface area contributed by atoms with Crippen molar-refractivity contribution in [2.24, 2.45) is 0 Å². The Morgan fingerprint density at radius 2 is 2.05 bits per heavy atom. The first-order valence-corrected chi connectivity index (χ1v) is 6.94. The Morgan fingerprint density at radius 3 is 2.63 bits per heavy atom. The number of hydrogen-bond acceptors (Lipinski definition) is 3. The van der Waals surface area contributed by atoms with Crippen LogP contribution in [0.4, 0.5) is 13.2 Å². The molecule has 0 saturated carbocycles. The topological polar surface area (TPSA) is 33.1 Å². The molecule has 1 aromatic heterocycles. The van der Waals surface area contributed by atoms with Gasteiger partial charge in [0.15, 0.2) is 5.01 Å². The molecule has 1 atom stereocenters. The minimum atomic E-state index is -4.51. The van der Waals surface area contributed by atoms with Crippen LogP contribution < -0.4 is 0 Å². The lowest BCUT2D eigenvalue weighted by molar-refractivity contribution is -0.137. The van der Waals surface area contributed by atoms with Crippen LogP contribution in [0.1, 0.15) is 21.6 Å². The SMILES string of the molecule is OC(c1cnc(C(F)(F)F)s1)c1cccc(Br)c1Cl. The molecule has 0 fully saturated rings. The number of hydrogen-bond donors (Lipinski definition) is 1. The third-order valence-corrected chi connectivity index (χ3v) is 4.72. The normalized spacial score (nSPS) is 13.6. The summed E-state index contributed by atoms with van der Waals surface area (Å²) in [5.74, 6) is 0. The molecule has 0 saturated heterocycles. The maximum absolute atomic E-state index is 12.4. The van der Waals surface area contributed by atoms with Crippen LogP contribution in [0, 0.1) is 0 Å². The molecular formula is C11H6BrClF3NOS. The highest BCUT2D eigenvalue weighted by molar-refractivity contribution is 9.10. The van der Waals surface area contributed by atoms with Crippen LogP contribution in [-0.2, 0) is 6.18 Å². The molecule has 0 aliphatic heterocycles. The summed E-state index contributed by atoms with van der Waals surface area (Å²) in [5, 5.41) is 9.34. The van der Waals surface area contributed by atoms with E-state index in [0.29, 0.717) is 21.4 Å². The lowest BCUT2D eigenvalue weighted by Crippen LogP contribution is -2.03. The van der Waals surface area contributed by atoms with Gasteiger partial charge in [-0.15, -0.1) is 11.3 Å². The summed E-state index contributed by atoms with van der Waals surface area (Å²) >= 11 is 9.58. The predicted octanol–water partition coefficient (Wildman–Crippen LogP) is 4.66. The van der Waals surface area contributed by atoms with Gasteiger partial charge >= 0.3 is 6.18 Å². The van der Waals surface area contributed by atoms with Crippen LogP contribution in [0.2, 0.25) is 5.02 Å². The van der Waals surface area contributed by atoms with Crippen molar-refractivity contribution in [3.8, 4) is 0 Å². The second-order valence-electron chi connectivity index (χ2n) is 3.61. The van der Waals surface area contributed by atoms with E-state index in [1.807, 2.05) is 0 Å². The Balaban J connectivity index is 2.37. The van der Waals surface area contributed by atoms with Gasteiger partial charge in [0.05, 0.1) is 9.90 Å². The average Bonchev–Trinajstić information content (AvgIpc) is 2.81. The van der Waals surface area contributed by atoms with Crippen molar-refractivity contribution in [2.75, 3.05) is 0 Å². The summed E-state index contributed by atoms with van der Waals surface area (Å²) in [6.07, 6.45) is -4.74. The van der Waals surface area contributed by atoms with E-state index in [9.17, 15) is 18.3 Å². The van der Waals surface area contributed by atoms with Gasteiger partial charge in [-0.25, -0.2) is 4.98 Å². The molecule has 1 unspecified atom stereocenters. The van der Waals surface area contributed by atoms with Crippen molar-refractivity contribution < 1.29 is 18.3 Å². The Hall–Kier alpha value is -0.630. The first-order valence-electron chi connectivity index (χ1n) is 4.95. The number of aliphatic hydroxyl groups is 1. The van der Waals surface area contributed by atoms with Gasteiger partial charge in [-0.1, -0.05) is 23.7 Å². The van der Waals surface area contributed by atoms with Gasteiger partial charge in [0.1, 0.15) is 6.10 Å². The van der Waals surface area contributed by atoms with Crippen molar-refractivity contribution >= 4 is 38.9 Å². The number of nitrogens with zero attached hydrogens (tertiary/aromatic N) is 1. The predicted molar refractivity (Wildman–Crippen MR) is 70.3 cm³/mol. The maximum atomic E-state index is 12.4. The van der Waals surface area contributed by atoms with Crippen molar-refractivity contribution in [1.82, 2.24) is 4.98 Å². The summed E-state index contributed by atoms with van der Waals surface area (Å²) in [4.78, 5) is 3.35. The molecule has 0 aliphatic carbocycles. The van der Waals surface area contributed by atoms with Gasteiger partial charge in [0, 0.05) is 16.2 Å². The number of thiazole rings is 1. The summed E-state index contributed by atoms with van der Waals surface area (Å²) in [7, 11) is 0. The molecule has 8 heteroatoms. The Kier molecular flexibility index (Phi) is 4.20. The van der Waals surface area contributed by atoms with E-state index < -0.39 is 17.3 Å². The highest BCUT2D eigenvalue weighted by atomic mass is 79.9. The van der Waals surface area contributed by atoms with E-state index in [0.717, 1.165) is 6.20 Å². The minimum absolute atomic E-state index is 0.0901. The van der Waals surface area contributed by atoms with Crippen molar-refractivity contribution in [1.29, 1.82) is 0 Å². The minimum Gasteiger partial charge on any atom is -0.383 e. The van der Waals surface area contributed by atoms with Gasteiger partial charge in [-0.05, 0) is 22.0 Å². The highest BCUT2D eigenvalue weighted by Gasteiger charge is 2.35. The monoisotopic (exact) mass is 371 g/mol. The van der Waals surface area contributed by atoms with E-state index in [1.165, 1.54) is 0 Å². The maximum Gasteiger partial charge on any atom is 0.443 e. The van der Waals surface area contributed by atoms with Gasteiger partial charge in [-0.3, -0.25) is 0 Å². The molecule has 0 aliphatic rings. The average molecular weight is 373 g/mol. The number of halogens is 5. The Morgan fingerprint density at radius 1 is 1.37 bits per heavy atom. The van der Waals surface area contributed by atoms with E-state index >= 15 is 0 Å². The summed E-state index contributed by atoms with van der Waals surface area (Å²) in [6.45, 7) is 0. The van der Waals surface area contributed by atoms with Crippen LogP contribution >= 0.6 is 38.9 Å². The first-order chi connectivity index (χ1) is 8.80. The fourth-order valence-electron chi connectivity index (χ4n) is 1.43. The van der Waals surface area contributed by atoms with Crippen LogP contribution in [0.3, 0.4) is 0 Å². The molecule has 0 amide bonds. The number of alkyl halides is 3. The number of benzene rings is 1. The molecule has 1 heterocycles. The van der Waals surface area contributed by atoms with Crippen LogP contribution in [0.5, 0.6) is 0 Å². The molecule has 0 spiro atoms. The molecule has 19 heavy (non-hydrogen) atoms. The van der Waals surface area contributed by atoms with Crippen LogP contribution in [0.15, 0.2) is 28.9 Å². The lowest BCUT2D eigenvalue weighted by Gasteiger charge is -2.11. The molecule has 1 aromatic carbocycles. The lowest BCUT2D eigenvalue weighted by atomic mass is 10.1. The van der Waals surface area contributed by atoms with Crippen LogP contribution in [0.25, 0.3) is 0 Å². The van der Waals surface area contributed by atoms with E-state index in [-0.39, 0.29) is 9.90 Å². The van der Waals surface area contributed by atoms with Crippen LogP contribution in [-0.4, -0.2) is 10.1 Å². The quantitative estimate of drug-likeness (QED) is 0.832. The second-order valence-corrected chi connectivity index (χ2v) is 5.91. The molecule has 102 valence electrons. The molecule has 1 N–H and O–H groups in total. The summed E-state index contributed by atoms with van der Waals surface area (Å²) in [5.41, 5.74) is 0.327. The van der Waals surface area contributed by atoms with E-state index in [2.05, 4.69) is 20.9 Å². The first kappa shape index (κ1) is 14.8. The van der Waals surface area contributed by atoms with Crippen molar-refractivity contribution in [2.45, 2.75) is 12.3 Å². The highest BCUT2D eigenvalue weighted by Crippen LogP contribution is 2.38. The summed E-state index contributed by atoms with van der Waals surface area (Å²) in [6, 6.07) is 4.86. The third kappa shape index (κ3) is 3.10. The third-order valence-electron chi connectivity index (χ3n) is 2.31. The zero-order chi connectivity index (χ0) is 14.2. The van der Waals surface area contributed by atoms with E-state index in [1.54, 1.807) is 18.2 Å². The molecule has 0 bridgehead atoms. The smallest absolute Gasteiger partial charge is 0.383 e. The number of aromatic nitrogens is 1. The zero-order valence-corrected chi connectivity index (χ0v) is 12.2. The summed E-state index contributed by atoms with van der Waals surface area (Å²) < 4.78 is 37.9. The second kappa shape index (κ2) is 5.40. The molecule has 2 nitrogen and oxygen atoms in total.